The highest BCUT2D eigenvalue weighted by Gasteiger charge is 2.03. The number of rotatable bonds is 6. The van der Waals surface area contributed by atoms with Gasteiger partial charge in [0.1, 0.15) is 0 Å². The molecule has 0 aromatic heterocycles. The highest BCUT2D eigenvalue weighted by Crippen LogP contribution is 2.22. The third-order valence-electron chi connectivity index (χ3n) is 2.25. The van der Waals surface area contributed by atoms with Gasteiger partial charge in [-0.1, -0.05) is 37.0 Å². The summed E-state index contributed by atoms with van der Waals surface area (Å²) in [6, 6.07) is 5.22. The van der Waals surface area contributed by atoms with Gasteiger partial charge in [-0.3, -0.25) is 4.79 Å². The van der Waals surface area contributed by atoms with Crippen molar-refractivity contribution in [3.8, 4) is 0 Å². The Kier molecular flexibility index (Phi) is 6.30. The molecule has 0 saturated heterocycles. The molecular formula is C13H18Cl2N2O. The molecule has 0 unspecified atom stereocenters. The molecule has 1 aromatic carbocycles. The lowest BCUT2D eigenvalue weighted by Crippen LogP contribution is -2.28. The van der Waals surface area contributed by atoms with E-state index in [0.717, 1.165) is 5.69 Å². The average Bonchev–Trinajstić information content (AvgIpc) is 2.25. The molecule has 2 N–H and O–H groups in total. The van der Waals surface area contributed by atoms with Crippen molar-refractivity contribution in [3.05, 3.63) is 28.2 Å². The highest BCUT2D eigenvalue weighted by atomic mass is 35.5. The van der Waals surface area contributed by atoms with E-state index in [0.29, 0.717) is 35.5 Å². The zero-order chi connectivity index (χ0) is 13.5. The molecule has 18 heavy (non-hydrogen) atoms. The standard InChI is InChI=1S/C13H18Cl2N2O/c1-9(2)8-17-13(18)3-4-16-12-6-10(14)5-11(15)7-12/h5-7,9,16H,3-4,8H2,1-2H3,(H,17,18). The monoisotopic (exact) mass is 288 g/mol. The fourth-order valence-corrected chi connectivity index (χ4v) is 1.91. The molecule has 0 fully saturated rings. The average molecular weight is 289 g/mol. The molecule has 100 valence electrons. The first-order valence-corrected chi connectivity index (χ1v) is 6.69. The molecular weight excluding hydrogens is 271 g/mol. The maximum absolute atomic E-state index is 11.5. The minimum Gasteiger partial charge on any atom is -0.384 e. The molecule has 5 heteroatoms. The normalized spacial score (nSPS) is 10.5. The molecule has 3 nitrogen and oxygen atoms in total. The molecule has 0 aliphatic heterocycles. The summed E-state index contributed by atoms with van der Waals surface area (Å²) in [4.78, 5) is 11.5. The van der Waals surface area contributed by atoms with Crippen molar-refractivity contribution in [2.24, 2.45) is 5.92 Å². The summed E-state index contributed by atoms with van der Waals surface area (Å²) in [5.74, 6) is 0.512. The minimum atomic E-state index is 0.0457. The van der Waals surface area contributed by atoms with Crippen LogP contribution in [0, 0.1) is 5.92 Å². The van der Waals surface area contributed by atoms with Crippen molar-refractivity contribution >= 4 is 34.8 Å². The van der Waals surface area contributed by atoms with Gasteiger partial charge in [-0.25, -0.2) is 0 Å². The molecule has 1 aromatic rings. The zero-order valence-electron chi connectivity index (χ0n) is 10.6. The van der Waals surface area contributed by atoms with Gasteiger partial charge in [-0.2, -0.15) is 0 Å². The summed E-state index contributed by atoms with van der Waals surface area (Å²) in [6.45, 7) is 5.39. The van der Waals surface area contributed by atoms with E-state index in [4.69, 9.17) is 23.2 Å². The summed E-state index contributed by atoms with van der Waals surface area (Å²) in [6.07, 6.45) is 0.427. The van der Waals surface area contributed by atoms with Crippen LogP contribution in [0.1, 0.15) is 20.3 Å². The number of amides is 1. The van der Waals surface area contributed by atoms with Crippen LogP contribution < -0.4 is 10.6 Å². The van der Waals surface area contributed by atoms with Crippen molar-refractivity contribution in [3.63, 3.8) is 0 Å². The Hall–Kier alpha value is -0.930. The van der Waals surface area contributed by atoms with Crippen LogP contribution in [0.15, 0.2) is 18.2 Å². The number of benzene rings is 1. The van der Waals surface area contributed by atoms with Gasteiger partial charge in [0, 0.05) is 35.2 Å². The molecule has 1 rings (SSSR count). The molecule has 0 aliphatic carbocycles. The fraction of sp³-hybridized carbons (Fsp3) is 0.462. The van der Waals surface area contributed by atoms with Crippen molar-refractivity contribution < 1.29 is 4.79 Å². The van der Waals surface area contributed by atoms with Gasteiger partial charge in [0.2, 0.25) is 5.91 Å². The van der Waals surface area contributed by atoms with Crippen LogP contribution in [0.2, 0.25) is 10.0 Å². The minimum absolute atomic E-state index is 0.0457. The largest absolute Gasteiger partial charge is 0.384 e. The SMILES string of the molecule is CC(C)CNC(=O)CCNc1cc(Cl)cc(Cl)c1. The van der Waals surface area contributed by atoms with E-state index < -0.39 is 0 Å². The number of carbonyl (C=O) groups excluding carboxylic acids is 1. The second-order valence-corrected chi connectivity index (χ2v) is 5.41. The molecule has 0 heterocycles. The number of halogens is 2. The first-order chi connectivity index (χ1) is 8.47. The first kappa shape index (κ1) is 15.1. The zero-order valence-corrected chi connectivity index (χ0v) is 12.1. The van der Waals surface area contributed by atoms with Crippen LogP contribution in [0.25, 0.3) is 0 Å². The molecule has 0 aliphatic rings. The van der Waals surface area contributed by atoms with Crippen LogP contribution in [0.5, 0.6) is 0 Å². The maximum atomic E-state index is 11.5. The van der Waals surface area contributed by atoms with E-state index in [1.54, 1.807) is 18.2 Å². The second-order valence-electron chi connectivity index (χ2n) is 4.53. The van der Waals surface area contributed by atoms with Gasteiger partial charge >= 0.3 is 0 Å². The van der Waals surface area contributed by atoms with Crippen LogP contribution in [-0.4, -0.2) is 19.0 Å². The van der Waals surface area contributed by atoms with Gasteiger partial charge in [-0.15, -0.1) is 0 Å². The van der Waals surface area contributed by atoms with Crippen molar-refractivity contribution in [1.29, 1.82) is 0 Å². The smallest absolute Gasteiger partial charge is 0.221 e. The van der Waals surface area contributed by atoms with Crippen molar-refractivity contribution in [1.82, 2.24) is 5.32 Å². The Morgan fingerprint density at radius 3 is 2.39 bits per heavy atom. The fourth-order valence-electron chi connectivity index (χ4n) is 1.38. The quantitative estimate of drug-likeness (QED) is 0.840. The highest BCUT2D eigenvalue weighted by molar-refractivity contribution is 6.35. The number of hydrogen-bond donors (Lipinski definition) is 2. The third-order valence-corrected chi connectivity index (χ3v) is 2.69. The van der Waals surface area contributed by atoms with Crippen LogP contribution >= 0.6 is 23.2 Å². The van der Waals surface area contributed by atoms with Crippen LogP contribution in [0.3, 0.4) is 0 Å². The van der Waals surface area contributed by atoms with E-state index in [1.165, 1.54) is 0 Å². The molecule has 0 bridgehead atoms. The van der Waals surface area contributed by atoms with Crippen molar-refractivity contribution in [2.45, 2.75) is 20.3 Å². The summed E-state index contributed by atoms with van der Waals surface area (Å²) in [7, 11) is 0. The van der Waals surface area contributed by atoms with Crippen LogP contribution in [0.4, 0.5) is 5.69 Å². The Bertz CT molecular complexity index is 388. The first-order valence-electron chi connectivity index (χ1n) is 5.94. The van der Waals surface area contributed by atoms with Gasteiger partial charge in [-0.05, 0) is 24.1 Å². The van der Waals surface area contributed by atoms with Gasteiger partial charge < -0.3 is 10.6 Å². The van der Waals surface area contributed by atoms with Gasteiger partial charge in [0.25, 0.3) is 0 Å². The Morgan fingerprint density at radius 1 is 1.22 bits per heavy atom. The van der Waals surface area contributed by atoms with Crippen molar-refractivity contribution in [2.75, 3.05) is 18.4 Å². The number of hydrogen-bond acceptors (Lipinski definition) is 2. The number of anilines is 1. The Morgan fingerprint density at radius 2 is 1.83 bits per heavy atom. The van der Waals surface area contributed by atoms with E-state index >= 15 is 0 Å². The molecule has 0 spiro atoms. The van der Waals surface area contributed by atoms with E-state index in [-0.39, 0.29) is 5.91 Å². The van der Waals surface area contributed by atoms with Gasteiger partial charge in [0.05, 0.1) is 0 Å². The Labute approximate surface area is 118 Å². The molecule has 0 atom stereocenters. The second kappa shape index (κ2) is 7.49. The lowest BCUT2D eigenvalue weighted by Gasteiger charge is -2.09. The van der Waals surface area contributed by atoms with Crippen LogP contribution in [-0.2, 0) is 4.79 Å². The Balaban J connectivity index is 2.30. The summed E-state index contributed by atoms with van der Waals surface area (Å²) < 4.78 is 0. The lowest BCUT2D eigenvalue weighted by molar-refractivity contribution is -0.120. The molecule has 0 radical (unpaired) electrons. The molecule has 1 amide bonds. The summed E-state index contributed by atoms with van der Waals surface area (Å²) in [5.41, 5.74) is 0.823. The maximum Gasteiger partial charge on any atom is 0.221 e. The van der Waals surface area contributed by atoms with E-state index in [1.807, 2.05) is 0 Å². The topological polar surface area (TPSA) is 41.1 Å². The lowest BCUT2D eigenvalue weighted by atomic mass is 10.2. The summed E-state index contributed by atoms with van der Waals surface area (Å²) in [5, 5.41) is 7.13. The third kappa shape index (κ3) is 6.12. The number of nitrogens with one attached hydrogen (secondary N) is 2. The van der Waals surface area contributed by atoms with E-state index in [2.05, 4.69) is 24.5 Å². The summed E-state index contributed by atoms with van der Waals surface area (Å²) >= 11 is 11.7. The predicted molar refractivity (Wildman–Crippen MR) is 77.4 cm³/mol. The molecule has 0 saturated carbocycles. The van der Waals surface area contributed by atoms with E-state index in [9.17, 15) is 4.79 Å². The number of carbonyl (C=O) groups is 1. The van der Waals surface area contributed by atoms with Gasteiger partial charge in [0.15, 0.2) is 0 Å². The predicted octanol–water partition coefficient (Wildman–Crippen LogP) is 3.57.